The predicted octanol–water partition coefficient (Wildman–Crippen LogP) is 6.34. The van der Waals surface area contributed by atoms with Crippen molar-refractivity contribution in [3.8, 4) is 17.2 Å². The summed E-state index contributed by atoms with van der Waals surface area (Å²) in [5.74, 6) is 0.0367. The molecule has 5 rings (SSSR count). The highest BCUT2D eigenvalue weighted by molar-refractivity contribution is 7.22. The highest BCUT2D eigenvalue weighted by Gasteiger charge is 2.46. The van der Waals surface area contributed by atoms with Crippen LogP contribution in [0.3, 0.4) is 0 Å². The first-order chi connectivity index (χ1) is 18.5. The van der Waals surface area contributed by atoms with Gasteiger partial charge in [-0.25, -0.2) is 4.98 Å². The molecule has 1 atom stereocenters. The lowest BCUT2D eigenvalue weighted by Crippen LogP contribution is -2.31. The second-order valence-corrected chi connectivity index (χ2v) is 10.4. The monoisotopic (exact) mass is 550 g/mol. The average Bonchev–Trinajstić information content (AvgIpc) is 3.66. The first kappa shape index (κ1) is 25.7. The van der Waals surface area contributed by atoms with E-state index in [1.807, 2.05) is 26.0 Å². The Morgan fingerprint density at radius 3 is 2.66 bits per heavy atom. The minimum atomic E-state index is -0.918. The van der Waals surface area contributed by atoms with Gasteiger partial charge in [0.2, 0.25) is 5.78 Å². The normalized spacial score (nSPS) is 15.4. The molecule has 0 radical (unpaired) electrons. The van der Waals surface area contributed by atoms with E-state index < -0.39 is 23.5 Å². The molecule has 0 bridgehead atoms. The van der Waals surface area contributed by atoms with E-state index in [1.165, 1.54) is 27.6 Å². The first-order valence-electron chi connectivity index (χ1n) is 12.2. The number of carbonyl (C=O) groups is 2. The number of ether oxygens (including phenoxy) is 3. The number of aromatic nitrogens is 1. The van der Waals surface area contributed by atoms with Crippen LogP contribution in [0.5, 0.6) is 17.2 Å². The van der Waals surface area contributed by atoms with E-state index in [1.54, 1.807) is 48.9 Å². The number of amides is 1. The molecule has 1 unspecified atom stereocenters. The summed E-state index contributed by atoms with van der Waals surface area (Å²) < 4.78 is 17.8. The molecule has 0 spiro atoms. The number of anilines is 1. The number of carbonyl (C=O) groups excluding carboxylic acids is 2. The van der Waals surface area contributed by atoms with E-state index in [4.69, 9.17) is 14.2 Å². The van der Waals surface area contributed by atoms with E-state index in [-0.39, 0.29) is 5.57 Å². The zero-order valence-electron chi connectivity index (χ0n) is 21.1. The summed E-state index contributed by atoms with van der Waals surface area (Å²) in [5, 5.41) is 13.2. The summed E-state index contributed by atoms with van der Waals surface area (Å²) in [6, 6.07) is 13.3. The highest BCUT2D eigenvalue weighted by Crippen LogP contribution is 2.46. The van der Waals surface area contributed by atoms with Crippen molar-refractivity contribution in [3.05, 3.63) is 75.7 Å². The van der Waals surface area contributed by atoms with Crippen LogP contribution in [0.1, 0.15) is 41.5 Å². The molecule has 3 heterocycles. The van der Waals surface area contributed by atoms with Gasteiger partial charge in [-0.3, -0.25) is 14.5 Å². The number of nitrogens with zero attached hydrogens (tertiary/aromatic N) is 2. The maximum Gasteiger partial charge on any atom is 0.296 e. The Labute approximate surface area is 227 Å². The number of ketones is 1. The highest BCUT2D eigenvalue weighted by atomic mass is 32.1. The van der Waals surface area contributed by atoms with Crippen molar-refractivity contribution in [3.63, 3.8) is 0 Å². The molecule has 38 heavy (non-hydrogen) atoms. The number of aliphatic hydroxyl groups excluding tert-OH is 1. The number of Topliss-reactive ketones (excluding diaryl/α,β-unsaturated/α-hetero) is 1. The minimum absolute atomic E-state index is 0.000961. The lowest BCUT2D eigenvalue weighted by Gasteiger charge is -2.25. The number of hydrogen-bond acceptors (Lipinski definition) is 9. The minimum Gasteiger partial charge on any atom is -0.503 e. The Kier molecular flexibility index (Phi) is 7.35. The van der Waals surface area contributed by atoms with E-state index in [2.05, 4.69) is 4.98 Å². The number of benzene rings is 2. The molecule has 0 aliphatic carbocycles. The van der Waals surface area contributed by atoms with Crippen LogP contribution >= 0.6 is 22.7 Å². The summed E-state index contributed by atoms with van der Waals surface area (Å²) in [5.41, 5.74) is 1.26. The Bertz CT molecular complexity index is 1530. The first-order valence-corrected chi connectivity index (χ1v) is 13.8. The average molecular weight is 551 g/mol. The second kappa shape index (κ2) is 10.8. The largest absolute Gasteiger partial charge is 0.503 e. The number of thiophene rings is 1. The van der Waals surface area contributed by atoms with Crippen molar-refractivity contribution in [1.29, 1.82) is 0 Å². The molecule has 2 aromatic heterocycles. The summed E-state index contributed by atoms with van der Waals surface area (Å²) >= 11 is 2.53. The Hall–Kier alpha value is -3.89. The summed E-state index contributed by atoms with van der Waals surface area (Å²) in [4.78, 5) is 33.6. The van der Waals surface area contributed by atoms with Crippen molar-refractivity contribution in [2.45, 2.75) is 26.3 Å². The van der Waals surface area contributed by atoms with Gasteiger partial charge in [-0.15, -0.1) is 11.3 Å². The van der Waals surface area contributed by atoms with Crippen molar-refractivity contribution in [2.75, 3.05) is 25.2 Å². The fourth-order valence-electron chi connectivity index (χ4n) is 4.31. The van der Waals surface area contributed by atoms with Gasteiger partial charge in [0, 0.05) is 0 Å². The zero-order chi connectivity index (χ0) is 26.8. The molecule has 4 aromatic rings. The van der Waals surface area contributed by atoms with E-state index in [0.29, 0.717) is 51.6 Å². The fraction of sp³-hybridized carbons (Fsp3) is 0.250. The third-order valence-corrected chi connectivity index (χ3v) is 7.92. The van der Waals surface area contributed by atoms with Crippen LogP contribution in [0, 0.1) is 0 Å². The smallest absolute Gasteiger partial charge is 0.296 e. The van der Waals surface area contributed by atoms with Crippen molar-refractivity contribution in [1.82, 2.24) is 4.98 Å². The van der Waals surface area contributed by atoms with Gasteiger partial charge in [0.15, 0.2) is 22.4 Å². The van der Waals surface area contributed by atoms with Crippen molar-refractivity contribution < 1.29 is 28.9 Å². The number of aliphatic hydroxyl groups is 1. The molecular formula is C28H26N2O6S2. The van der Waals surface area contributed by atoms with E-state index >= 15 is 0 Å². The molecule has 196 valence electrons. The van der Waals surface area contributed by atoms with Crippen LogP contribution in [-0.4, -0.2) is 42.1 Å². The summed E-state index contributed by atoms with van der Waals surface area (Å²) in [6.45, 7) is 4.81. The molecule has 0 saturated heterocycles. The SMILES string of the molecule is CCCOc1ccc(C2C(C(=O)c3cccs3)=C(O)C(=O)N2c2nc3ccc(OC)cc3s2)cc1OCC. The summed E-state index contributed by atoms with van der Waals surface area (Å²) in [6.07, 6.45) is 0.830. The number of methoxy groups -OCH3 is 1. The van der Waals surface area contributed by atoms with Gasteiger partial charge in [-0.1, -0.05) is 30.4 Å². The summed E-state index contributed by atoms with van der Waals surface area (Å²) in [7, 11) is 1.58. The molecule has 1 aliphatic heterocycles. The number of fused-ring (bicyclic) bond motifs is 1. The van der Waals surface area contributed by atoms with Gasteiger partial charge < -0.3 is 19.3 Å². The third-order valence-electron chi connectivity index (χ3n) is 6.03. The Morgan fingerprint density at radius 2 is 1.95 bits per heavy atom. The van der Waals surface area contributed by atoms with Crippen LogP contribution in [0.15, 0.2) is 65.2 Å². The number of rotatable bonds is 10. The van der Waals surface area contributed by atoms with Gasteiger partial charge in [0.05, 0.1) is 47.0 Å². The predicted molar refractivity (Wildman–Crippen MR) is 148 cm³/mol. The maximum atomic E-state index is 13.6. The zero-order valence-corrected chi connectivity index (χ0v) is 22.7. The van der Waals surface area contributed by atoms with Gasteiger partial charge in [-0.2, -0.15) is 0 Å². The third kappa shape index (κ3) is 4.61. The van der Waals surface area contributed by atoms with Crippen LogP contribution in [-0.2, 0) is 4.79 Å². The molecule has 2 aromatic carbocycles. The molecule has 0 saturated carbocycles. The molecule has 10 heteroatoms. The van der Waals surface area contributed by atoms with E-state index in [0.717, 1.165) is 11.1 Å². The van der Waals surface area contributed by atoms with Crippen LogP contribution in [0.2, 0.25) is 0 Å². The fourth-order valence-corrected chi connectivity index (χ4v) is 6.01. The Morgan fingerprint density at radius 1 is 1.11 bits per heavy atom. The van der Waals surface area contributed by atoms with Crippen LogP contribution < -0.4 is 19.1 Å². The lowest BCUT2D eigenvalue weighted by molar-refractivity contribution is -0.117. The van der Waals surface area contributed by atoms with Crippen LogP contribution in [0.25, 0.3) is 10.2 Å². The van der Waals surface area contributed by atoms with Crippen LogP contribution in [0.4, 0.5) is 5.13 Å². The van der Waals surface area contributed by atoms with Gasteiger partial charge in [0.25, 0.3) is 5.91 Å². The molecular weight excluding hydrogens is 524 g/mol. The van der Waals surface area contributed by atoms with Crippen molar-refractivity contribution >= 4 is 49.7 Å². The quantitative estimate of drug-likeness (QED) is 0.230. The van der Waals surface area contributed by atoms with Gasteiger partial charge in [0.1, 0.15) is 5.75 Å². The topological polar surface area (TPSA) is 98.2 Å². The maximum absolute atomic E-state index is 13.6. The lowest BCUT2D eigenvalue weighted by atomic mass is 9.95. The molecule has 1 amide bonds. The Balaban J connectivity index is 1.66. The standard InChI is InChI=1S/C28H26N2O6S2/c1-4-12-36-19-11-8-16(14-20(19)35-5-2)24-23(25(31)21-7-6-13-37-21)26(32)27(33)30(24)28-29-18-10-9-17(34-3)15-22(18)38-28/h6-11,13-15,24,32H,4-5,12H2,1-3H3. The van der Waals surface area contributed by atoms with Gasteiger partial charge in [-0.05, 0) is 60.7 Å². The molecule has 8 nitrogen and oxygen atoms in total. The van der Waals surface area contributed by atoms with E-state index in [9.17, 15) is 14.7 Å². The molecule has 1 aliphatic rings. The number of hydrogen-bond donors (Lipinski definition) is 1. The molecule has 0 fully saturated rings. The van der Waals surface area contributed by atoms with Gasteiger partial charge >= 0.3 is 0 Å². The van der Waals surface area contributed by atoms with Crippen molar-refractivity contribution in [2.24, 2.45) is 0 Å². The number of thiazole rings is 1. The molecule has 1 N–H and O–H groups in total. The second-order valence-electron chi connectivity index (χ2n) is 8.46.